The van der Waals surface area contributed by atoms with Gasteiger partial charge in [0.15, 0.2) is 0 Å². The molecule has 0 spiro atoms. The third-order valence-corrected chi connectivity index (χ3v) is 6.41. The summed E-state index contributed by atoms with van der Waals surface area (Å²) in [4.78, 5) is 55.8. The molecule has 1 fully saturated rings. The van der Waals surface area contributed by atoms with E-state index in [9.17, 15) is 19.2 Å². The Morgan fingerprint density at radius 1 is 1.15 bits per heavy atom. The first-order chi connectivity index (χ1) is 18.7. The Bertz CT molecular complexity index is 1250. The topological polar surface area (TPSA) is 159 Å². The largest absolute Gasteiger partial charge is 0.489 e. The van der Waals surface area contributed by atoms with Gasteiger partial charge in [0.05, 0.1) is 0 Å². The lowest BCUT2D eigenvalue weighted by Crippen LogP contribution is -2.56. The SMILES string of the molecule is CC(C(=O)NO)N1CC[C@@](NC(=O)NCC(=O)OC(C)(C)C)(c2ccc(OCc3cc(Cl)nc(Cl)c3)cc2)C1=O. The van der Waals surface area contributed by atoms with Crippen LogP contribution in [0.25, 0.3) is 0 Å². The van der Waals surface area contributed by atoms with E-state index in [2.05, 4.69) is 15.6 Å². The second-order valence-electron chi connectivity index (χ2n) is 10.1. The summed E-state index contributed by atoms with van der Waals surface area (Å²) < 4.78 is 11.0. The minimum absolute atomic E-state index is 0.113. The molecule has 1 aromatic carbocycles. The zero-order valence-electron chi connectivity index (χ0n) is 22.4. The van der Waals surface area contributed by atoms with Crippen molar-refractivity contribution in [3.63, 3.8) is 0 Å². The van der Waals surface area contributed by atoms with Gasteiger partial charge in [-0.15, -0.1) is 0 Å². The maximum Gasteiger partial charge on any atom is 0.325 e. The van der Waals surface area contributed by atoms with Crippen molar-refractivity contribution in [2.75, 3.05) is 13.1 Å². The molecule has 1 aromatic heterocycles. The van der Waals surface area contributed by atoms with Crippen LogP contribution in [0.2, 0.25) is 10.3 Å². The molecule has 40 heavy (non-hydrogen) atoms. The van der Waals surface area contributed by atoms with Gasteiger partial charge in [0, 0.05) is 13.0 Å². The molecule has 12 nitrogen and oxygen atoms in total. The van der Waals surface area contributed by atoms with Crippen LogP contribution >= 0.6 is 23.2 Å². The fourth-order valence-electron chi connectivity index (χ4n) is 4.17. The molecule has 1 unspecified atom stereocenters. The fourth-order valence-corrected chi connectivity index (χ4v) is 4.68. The molecular weight excluding hydrogens is 565 g/mol. The van der Waals surface area contributed by atoms with E-state index in [0.29, 0.717) is 16.9 Å². The van der Waals surface area contributed by atoms with E-state index in [4.69, 9.17) is 37.9 Å². The molecule has 1 aliphatic heterocycles. The number of carbonyl (C=O) groups is 4. The van der Waals surface area contributed by atoms with Crippen molar-refractivity contribution in [2.45, 2.75) is 57.9 Å². The minimum Gasteiger partial charge on any atom is -0.489 e. The van der Waals surface area contributed by atoms with Gasteiger partial charge < -0.3 is 25.0 Å². The highest BCUT2D eigenvalue weighted by atomic mass is 35.5. The van der Waals surface area contributed by atoms with Gasteiger partial charge in [0.1, 0.15) is 46.4 Å². The molecule has 0 saturated carbocycles. The van der Waals surface area contributed by atoms with Gasteiger partial charge in [-0.1, -0.05) is 35.3 Å². The number of esters is 1. The molecule has 4 amide bonds. The Labute approximate surface area is 241 Å². The number of aromatic nitrogens is 1. The van der Waals surface area contributed by atoms with Gasteiger partial charge in [0.25, 0.3) is 11.8 Å². The summed E-state index contributed by atoms with van der Waals surface area (Å²) in [6.45, 7) is 6.39. The van der Waals surface area contributed by atoms with Gasteiger partial charge in [-0.3, -0.25) is 19.6 Å². The number of carbonyl (C=O) groups excluding carboxylic acids is 4. The van der Waals surface area contributed by atoms with Crippen LogP contribution in [-0.2, 0) is 31.3 Å². The maximum absolute atomic E-state index is 13.7. The van der Waals surface area contributed by atoms with Crippen LogP contribution in [0.5, 0.6) is 5.75 Å². The van der Waals surface area contributed by atoms with E-state index in [1.54, 1.807) is 62.6 Å². The van der Waals surface area contributed by atoms with Crippen molar-refractivity contribution in [3.05, 3.63) is 57.8 Å². The summed E-state index contributed by atoms with van der Waals surface area (Å²) in [7, 11) is 0. The van der Waals surface area contributed by atoms with Crippen LogP contribution in [-0.4, -0.2) is 63.6 Å². The first-order valence-electron chi connectivity index (χ1n) is 12.3. The van der Waals surface area contributed by atoms with E-state index in [1.165, 1.54) is 11.8 Å². The van der Waals surface area contributed by atoms with E-state index in [-0.39, 0.29) is 29.9 Å². The average Bonchev–Trinajstić information content (AvgIpc) is 3.20. The highest BCUT2D eigenvalue weighted by Gasteiger charge is 2.51. The Kier molecular flexibility index (Phi) is 9.82. The third kappa shape index (κ3) is 7.74. The molecular formula is C26H31Cl2N5O7. The minimum atomic E-state index is -1.56. The van der Waals surface area contributed by atoms with Crippen LogP contribution in [0.15, 0.2) is 36.4 Å². The number of halogens is 2. The number of ether oxygens (including phenoxy) is 2. The molecule has 14 heteroatoms. The summed E-state index contributed by atoms with van der Waals surface area (Å²) in [6, 6.07) is 7.93. The smallest absolute Gasteiger partial charge is 0.325 e. The molecule has 4 N–H and O–H groups in total. The van der Waals surface area contributed by atoms with Crippen LogP contribution in [0.4, 0.5) is 4.79 Å². The third-order valence-electron chi connectivity index (χ3n) is 6.03. The van der Waals surface area contributed by atoms with Crippen molar-refractivity contribution in [3.8, 4) is 5.75 Å². The highest BCUT2D eigenvalue weighted by Crippen LogP contribution is 2.35. The molecule has 2 heterocycles. The molecule has 0 bridgehead atoms. The second-order valence-corrected chi connectivity index (χ2v) is 10.9. The number of hydrogen-bond acceptors (Lipinski definition) is 8. The Morgan fingerprint density at radius 3 is 2.35 bits per heavy atom. The molecule has 1 aliphatic rings. The van der Waals surface area contributed by atoms with E-state index in [0.717, 1.165) is 0 Å². The van der Waals surface area contributed by atoms with Crippen LogP contribution in [0.3, 0.4) is 0 Å². The molecule has 2 aromatic rings. The number of pyridine rings is 1. The monoisotopic (exact) mass is 595 g/mol. The predicted octanol–water partition coefficient (Wildman–Crippen LogP) is 2.93. The fraction of sp³-hybridized carbons (Fsp3) is 0.423. The van der Waals surface area contributed by atoms with Crippen molar-refractivity contribution < 1.29 is 33.9 Å². The average molecular weight is 596 g/mol. The standard InChI is InChI=1S/C26H31Cl2N5O7/c1-15(22(35)32-38)33-10-9-26(23(33)36,31-24(37)29-13-21(34)40-25(2,3)4)17-5-7-18(8-6-17)39-14-16-11-19(27)30-20(28)12-16/h5-8,11-12,15,38H,9-10,13-14H2,1-4H3,(H,32,35)(H2,29,31,37)/t15?,26-/m1/s1. The lowest BCUT2D eigenvalue weighted by molar-refractivity contribution is -0.153. The Hall–Kier alpha value is -3.61. The van der Waals surface area contributed by atoms with Gasteiger partial charge in [-0.2, -0.15) is 0 Å². The lowest BCUT2D eigenvalue weighted by atomic mass is 9.88. The number of hydrogen-bond donors (Lipinski definition) is 4. The molecule has 0 aliphatic carbocycles. The van der Waals surface area contributed by atoms with Crippen molar-refractivity contribution in [1.82, 2.24) is 26.0 Å². The van der Waals surface area contributed by atoms with E-state index < -0.39 is 47.5 Å². The van der Waals surface area contributed by atoms with Crippen molar-refractivity contribution in [1.29, 1.82) is 0 Å². The maximum atomic E-state index is 13.7. The van der Waals surface area contributed by atoms with Crippen LogP contribution < -0.4 is 20.9 Å². The Balaban J connectivity index is 1.80. The number of amides is 4. The van der Waals surface area contributed by atoms with E-state index in [1.807, 2.05) is 0 Å². The number of urea groups is 1. The van der Waals surface area contributed by atoms with Crippen LogP contribution in [0, 0.1) is 0 Å². The first kappa shape index (κ1) is 30.9. The summed E-state index contributed by atoms with van der Waals surface area (Å²) in [6.07, 6.45) is 0.114. The van der Waals surface area contributed by atoms with E-state index >= 15 is 0 Å². The van der Waals surface area contributed by atoms with Gasteiger partial charge in [0.2, 0.25) is 0 Å². The lowest BCUT2D eigenvalue weighted by Gasteiger charge is -2.31. The summed E-state index contributed by atoms with van der Waals surface area (Å²) >= 11 is 11.9. The zero-order chi connectivity index (χ0) is 29.7. The van der Waals surface area contributed by atoms with Gasteiger partial charge in [-0.05, 0) is 63.1 Å². The molecule has 1 saturated heterocycles. The normalized spacial score (nSPS) is 17.7. The number of nitrogens with one attached hydrogen (secondary N) is 3. The van der Waals surface area contributed by atoms with Crippen LogP contribution in [0.1, 0.15) is 45.2 Å². The number of likely N-dealkylation sites (tertiary alicyclic amines) is 1. The predicted molar refractivity (Wildman–Crippen MR) is 145 cm³/mol. The number of nitrogens with zero attached hydrogens (tertiary/aromatic N) is 2. The molecule has 2 atom stereocenters. The quantitative estimate of drug-likeness (QED) is 0.149. The summed E-state index contributed by atoms with van der Waals surface area (Å²) in [5.41, 5.74) is 0.368. The molecule has 3 rings (SSSR count). The first-order valence-corrected chi connectivity index (χ1v) is 13.1. The summed E-state index contributed by atoms with van der Waals surface area (Å²) in [5.74, 6) is -1.53. The molecule has 216 valence electrons. The van der Waals surface area contributed by atoms with Gasteiger partial charge in [-0.25, -0.2) is 15.3 Å². The molecule has 0 radical (unpaired) electrons. The summed E-state index contributed by atoms with van der Waals surface area (Å²) in [5, 5.41) is 14.6. The second kappa shape index (κ2) is 12.7. The zero-order valence-corrected chi connectivity index (χ0v) is 23.9. The van der Waals surface area contributed by atoms with Gasteiger partial charge >= 0.3 is 12.0 Å². The van der Waals surface area contributed by atoms with Crippen molar-refractivity contribution in [2.24, 2.45) is 0 Å². The number of rotatable bonds is 9. The Morgan fingerprint density at radius 2 is 1.77 bits per heavy atom. The highest BCUT2D eigenvalue weighted by molar-refractivity contribution is 6.32. The number of hydroxylamine groups is 1. The number of benzene rings is 1. The van der Waals surface area contributed by atoms with Crippen molar-refractivity contribution >= 4 is 47.0 Å².